The van der Waals surface area contributed by atoms with E-state index in [1.54, 1.807) is 6.07 Å². The van der Waals surface area contributed by atoms with Crippen molar-refractivity contribution in [3.63, 3.8) is 0 Å². The zero-order chi connectivity index (χ0) is 32.1. The number of hydrogen-bond donors (Lipinski definition) is 9. The van der Waals surface area contributed by atoms with E-state index in [4.69, 9.17) is 23.7 Å². The first-order valence-corrected chi connectivity index (χ1v) is 13.7. The molecule has 0 amide bonds. The van der Waals surface area contributed by atoms with Crippen LogP contribution in [0.2, 0.25) is 0 Å². The van der Waals surface area contributed by atoms with Gasteiger partial charge in [0.2, 0.25) is 0 Å². The molecule has 15 heteroatoms. The van der Waals surface area contributed by atoms with Crippen LogP contribution in [-0.2, 0) is 34.9 Å². The molecule has 2 aromatic rings. The summed E-state index contributed by atoms with van der Waals surface area (Å²) in [4.78, 5) is 12.8. The standard InChI is InChI=1S/C29H36O15/c1-13-22(36)23(37)24(38)29(41-13)44-27-25(39)28(40-9-8-15-3-6-17(32)19(34)11-15)42-20(12-30)26(27)43-21(35)7-4-14-2-5-16(31)18(33)10-14/h2-7,10-11,13,20,22-34,36-39H,8-9,12H2,1H3/b7-4+/t13-,20+,22-,23+,24+,25+,26+,27-,28+,29-/m0/s1. The maximum Gasteiger partial charge on any atom is 0.331 e. The lowest BCUT2D eigenvalue weighted by Crippen LogP contribution is -2.65. The highest BCUT2D eigenvalue weighted by Gasteiger charge is 2.52. The molecule has 0 spiro atoms. The molecule has 2 aromatic carbocycles. The number of phenols is 4. The number of carbonyl (C=O) groups is 1. The first-order valence-electron chi connectivity index (χ1n) is 13.7. The van der Waals surface area contributed by atoms with Gasteiger partial charge in [0.15, 0.2) is 41.7 Å². The van der Waals surface area contributed by atoms with Gasteiger partial charge in [0.05, 0.1) is 19.3 Å². The quantitative estimate of drug-likeness (QED) is 0.0873. The highest BCUT2D eigenvalue weighted by molar-refractivity contribution is 5.87. The monoisotopic (exact) mass is 624 g/mol. The number of esters is 1. The Kier molecular flexibility index (Phi) is 11.0. The average Bonchev–Trinajstić information content (AvgIpc) is 2.99. The van der Waals surface area contributed by atoms with E-state index < -0.39 is 79.7 Å². The van der Waals surface area contributed by atoms with Gasteiger partial charge >= 0.3 is 5.97 Å². The highest BCUT2D eigenvalue weighted by atomic mass is 16.7. The van der Waals surface area contributed by atoms with Crippen molar-refractivity contribution < 1.29 is 74.4 Å². The molecular formula is C29H36O15. The third kappa shape index (κ3) is 7.76. The maximum absolute atomic E-state index is 12.8. The number of aliphatic hydroxyl groups excluding tert-OH is 5. The number of ether oxygens (including phenoxy) is 5. The van der Waals surface area contributed by atoms with Crippen LogP contribution in [-0.4, -0.2) is 127 Å². The SMILES string of the molecule is C[C@@H]1O[C@@H](O[C@H]2[C@@H](O)[C@H](OCCc3ccc(O)c(O)c3)O[C@H](CO)[C@H]2OC(=O)/C=C/c2ccc(O)c(O)c2)[C@H](O)[C@H](O)[C@H]1O. The van der Waals surface area contributed by atoms with Crippen LogP contribution in [0.3, 0.4) is 0 Å². The van der Waals surface area contributed by atoms with Gasteiger partial charge in [0.1, 0.15) is 36.6 Å². The predicted octanol–water partition coefficient (Wildman–Crippen LogP) is -1.02. The third-order valence-corrected chi connectivity index (χ3v) is 7.27. The molecule has 15 nitrogen and oxygen atoms in total. The second-order valence-electron chi connectivity index (χ2n) is 10.4. The summed E-state index contributed by atoms with van der Waals surface area (Å²) in [6, 6.07) is 7.98. The van der Waals surface area contributed by atoms with E-state index in [9.17, 15) is 50.8 Å². The number of aliphatic hydroxyl groups is 5. The molecule has 0 bridgehead atoms. The van der Waals surface area contributed by atoms with E-state index >= 15 is 0 Å². The number of hydrogen-bond acceptors (Lipinski definition) is 15. The Labute approximate surface area is 251 Å². The fourth-order valence-corrected chi connectivity index (χ4v) is 4.76. The summed E-state index contributed by atoms with van der Waals surface area (Å²) in [7, 11) is 0. The molecule has 0 radical (unpaired) electrons. The van der Waals surface area contributed by atoms with Crippen LogP contribution in [0.1, 0.15) is 18.1 Å². The molecule has 0 aromatic heterocycles. The summed E-state index contributed by atoms with van der Waals surface area (Å²) in [6.07, 6.45) is -12.6. The molecule has 0 aliphatic carbocycles. The number of aromatic hydroxyl groups is 4. The summed E-state index contributed by atoms with van der Waals surface area (Å²) < 4.78 is 28.2. The van der Waals surface area contributed by atoms with Crippen LogP contribution in [0, 0.1) is 0 Å². The molecule has 10 atom stereocenters. The molecule has 2 saturated heterocycles. The normalized spacial score (nSPS) is 32.5. The Bertz CT molecular complexity index is 1300. The summed E-state index contributed by atoms with van der Waals surface area (Å²) in [6.45, 7) is 0.606. The minimum Gasteiger partial charge on any atom is -0.504 e. The van der Waals surface area contributed by atoms with Gasteiger partial charge in [-0.3, -0.25) is 0 Å². The second kappa shape index (κ2) is 14.5. The van der Waals surface area contributed by atoms with E-state index in [2.05, 4.69) is 0 Å². The first-order chi connectivity index (χ1) is 20.9. The minimum absolute atomic E-state index is 0.0754. The van der Waals surface area contributed by atoms with Crippen molar-refractivity contribution in [3.8, 4) is 23.0 Å². The van der Waals surface area contributed by atoms with Gasteiger partial charge in [-0.05, 0) is 54.8 Å². The smallest absolute Gasteiger partial charge is 0.331 e. The Hall–Kier alpha value is -3.51. The fraction of sp³-hybridized carbons (Fsp3) is 0.483. The van der Waals surface area contributed by atoms with Crippen LogP contribution in [0.15, 0.2) is 42.5 Å². The van der Waals surface area contributed by atoms with Crippen molar-refractivity contribution in [3.05, 3.63) is 53.6 Å². The summed E-state index contributed by atoms with van der Waals surface area (Å²) >= 11 is 0. The molecular weight excluding hydrogens is 588 g/mol. The van der Waals surface area contributed by atoms with Crippen LogP contribution < -0.4 is 0 Å². The highest BCUT2D eigenvalue weighted by Crippen LogP contribution is 2.32. The fourth-order valence-electron chi connectivity index (χ4n) is 4.76. The van der Waals surface area contributed by atoms with Gasteiger partial charge in [0, 0.05) is 6.08 Å². The van der Waals surface area contributed by atoms with Crippen LogP contribution >= 0.6 is 0 Å². The molecule has 0 saturated carbocycles. The lowest BCUT2D eigenvalue weighted by Gasteiger charge is -2.46. The number of rotatable bonds is 10. The number of phenolic OH excluding ortho intramolecular Hbond substituents is 4. The van der Waals surface area contributed by atoms with Gasteiger partial charge in [-0.15, -0.1) is 0 Å². The molecule has 2 aliphatic heterocycles. The minimum atomic E-state index is -1.77. The van der Waals surface area contributed by atoms with Crippen molar-refractivity contribution >= 4 is 12.0 Å². The van der Waals surface area contributed by atoms with Crippen molar-refractivity contribution in [1.82, 2.24) is 0 Å². The zero-order valence-electron chi connectivity index (χ0n) is 23.5. The first kappa shape index (κ1) is 33.4. The third-order valence-electron chi connectivity index (χ3n) is 7.27. The van der Waals surface area contributed by atoms with E-state index in [0.29, 0.717) is 11.1 Å². The Morgan fingerprint density at radius 2 is 1.50 bits per heavy atom. The maximum atomic E-state index is 12.8. The van der Waals surface area contributed by atoms with Crippen LogP contribution in [0.5, 0.6) is 23.0 Å². The molecule has 4 rings (SSSR count). The van der Waals surface area contributed by atoms with E-state index in [0.717, 1.165) is 6.08 Å². The summed E-state index contributed by atoms with van der Waals surface area (Å²) in [5.41, 5.74) is 0.914. The van der Waals surface area contributed by atoms with Crippen molar-refractivity contribution in [2.45, 2.75) is 74.8 Å². The summed E-state index contributed by atoms with van der Waals surface area (Å²) in [5, 5.41) is 90.5. The van der Waals surface area contributed by atoms with Crippen LogP contribution in [0.25, 0.3) is 6.08 Å². The van der Waals surface area contributed by atoms with Gasteiger partial charge < -0.3 is 69.6 Å². The van der Waals surface area contributed by atoms with E-state index in [1.165, 1.54) is 43.3 Å². The van der Waals surface area contributed by atoms with Crippen molar-refractivity contribution in [1.29, 1.82) is 0 Å². The lowest BCUT2D eigenvalue weighted by atomic mass is 9.97. The zero-order valence-corrected chi connectivity index (χ0v) is 23.5. The predicted molar refractivity (Wildman–Crippen MR) is 147 cm³/mol. The summed E-state index contributed by atoms with van der Waals surface area (Å²) in [5.74, 6) is -2.40. The number of carbonyl (C=O) groups excluding carboxylic acids is 1. The second-order valence-corrected chi connectivity index (χ2v) is 10.4. The molecule has 44 heavy (non-hydrogen) atoms. The Morgan fingerprint density at radius 3 is 2.16 bits per heavy atom. The Balaban J connectivity index is 1.52. The molecule has 9 N–H and O–H groups in total. The van der Waals surface area contributed by atoms with Gasteiger partial charge in [0.25, 0.3) is 0 Å². The van der Waals surface area contributed by atoms with Crippen molar-refractivity contribution in [2.75, 3.05) is 13.2 Å². The van der Waals surface area contributed by atoms with Gasteiger partial charge in [-0.25, -0.2) is 4.79 Å². The van der Waals surface area contributed by atoms with Crippen LogP contribution in [0.4, 0.5) is 0 Å². The molecule has 2 heterocycles. The Morgan fingerprint density at radius 1 is 0.818 bits per heavy atom. The molecule has 242 valence electrons. The topological polar surface area (TPSA) is 245 Å². The van der Waals surface area contributed by atoms with E-state index in [1.807, 2.05) is 0 Å². The molecule has 2 aliphatic rings. The largest absolute Gasteiger partial charge is 0.504 e. The van der Waals surface area contributed by atoms with Crippen molar-refractivity contribution in [2.24, 2.45) is 0 Å². The number of benzene rings is 2. The lowest BCUT2D eigenvalue weighted by molar-refractivity contribution is -0.357. The average molecular weight is 625 g/mol. The van der Waals surface area contributed by atoms with E-state index in [-0.39, 0.29) is 30.3 Å². The van der Waals surface area contributed by atoms with Gasteiger partial charge in [-0.1, -0.05) is 12.1 Å². The molecule has 2 fully saturated rings. The van der Waals surface area contributed by atoms with Gasteiger partial charge in [-0.2, -0.15) is 0 Å². The molecule has 0 unspecified atom stereocenters.